The van der Waals surface area contributed by atoms with Crippen molar-refractivity contribution in [2.24, 2.45) is 5.92 Å². The van der Waals surface area contributed by atoms with Crippen molar-refractivity contribution >= 4 is 0 Å². The Morgan fingerprint density at radius 2 is 1.89 bits per heavy atom. The van der Waals surface area contributed by atoms with Gasteiger partial charge in [-0.1, -0.05) is 13.8 Å². The minimum atomic E-state index is -4.40. The molecule has 4 nitrogen and oxygen atoms in total. The van der Waals surface area contributed by atoms with E-state index in [-0.39, 0.29) is 5.88 Å². The van der Waals surface area contributed by atoms with Crippen molar-refractivity contribution in [3.8, 4) is 5.88 Å². The molecule has 0 aromatic carbocycles. The Kier molecular flexibility index (Phi) is 5.53. The first-order chi connectivity index (χ1) is 8.79. The molecule has 0 aliphatic heterocycles. The first-order valence-corrected chi connectivity index (χ1v) is 6.04. The fourth-order valence-electron chi connectivity index (χ4n) is 1.23. The molecule has 0 bridgehead atoms. The Morgan fingerprint density at radius 3 is 2.37 bits per heavy atom. The first kappa shape index (κ1) is 15.7. The van der Waals surface area contributed by atoms with Crippen molar-refractivity contribution in [3.05, 3.63) is 18.1 Å². The van der Waals surface area contributed by atoms with Crippen molar-refractivity contribution in [1.82, 2.24) is 15.3 Å². The number of halogens is 3. The molecule has 0 fully saturated rings. The van der Waals surface area contributed by atoms with Crippen LogP contribution >= 0.6 is 0 Å². The molecular weight excluding hydrogens is 259 g/mol. The van der Waals surface area contributed by atoms with Crippen LogP contribution in [0.1, 0.15) is 26.5 Å². The zero-order valence-corrected chi connectivity index (χ0v) is 11.2. The third-order valence-electron chi connectivity index (χ3n) is 2.30. The Morgan fingerprint density at radius 1 is 1.21 bits per heavy atom. The number of nitrogens with zero attached hydrogens (tertiary/aromatic N) is 2. The number of hydrogen-bond donors (Lipinski definition) is 1. The lowest BCUT2D eigenvalue weighted by Crippen LogP contribution is -2.31. The first-order valence-electron chi connectivity index (χ1n) is 6.04. The van der Waals surface area contributed by atoms with Crippen LogP contribution in [0.2, 0.25) is 0 Å². The third kappa shape index (κ3) is 5.87. The second-order valence-corrected chi connectivity index (χ2v) is 4.67. The number of alkyl halides is 3. The summed E-state index contributed by atoms with van der Waals surface area (Å²) in [5.41, 5.74) is 0.660. The Bertz CT molecular complexity index is 379. The van der Waals surface area contributed by atoms with E-state index in [0.29, 0.717) is 18.2 Å². The Hall–Kier alpha value is -1.37. The zero-order chi connectivity index (χ0) is 14.5. The van der Waals surface area contributed by atoms with Crippen molar-refractivity contribution in [2.45, 2.75) is 39.6 Å². The molecule has 0 saturated heterocycles. The normalized spacial score (nSPS) is 13.6. The SMILES string of the molecule is CC(C)CNCc1cnc(OC(C)C(F)(F)F)cn1. The molecule has 1 unspecified atom stereocenters. The Balaban J connectivity index is 2.48. The van der Waals surface area contributed by atoms with Gasteiger partial charge in [-0.25, -0.2) is 4.98 Å². The molecule has 0 aliphatic carbocycles. The summed E-state index contributed by atoms with van der Waals surface area (Å²) in [4.78, 5) is 7.80. The van der Waals surface area contributed by atoms with E-state index >= 15 is 0 Å². The molecule has 0 radical (unpaired) electrons. The highest BCUT2D eigenvalue weighted by Crippen LogP contribution is 2.23. The number of aromatic nitrogens is 2. The summed E-state index contributed by atoms with van der Waals surface area (Å²) < 4.78 is 41.5. The van der Waals surface area contributed by atoms with E-state index in [1.54, 1.807) is 0 Å². The molecule has 1 heterocycles. The summed E-state index contributed by atoms with van der Waals surface area (Å²) in [5, 5.41) is 3.16. The molecule has 1 N–H and O–H groups in total. The van der Waals surface area contributed by atoms with Gasteiger partial charge in [0.25, 0.3) is 0 Å². The molecule has 0 aliphatic rings. The van der Waals surface area contributed by atoms with Gasteiger partial charge < -0.3 is 10.1 Å². The van der Waals surface area contributed by atoms with Crippen LogP contribution in [0.25, 0.3) is 0 Å². The smallest absolute Gasteiger partial charge is 0.425 e. The van der Waals surface area contributed by atoms with Gasteiger partial charge in [0.2, 0.25) is 5.88 Å². The average molecular weight is 277 g/mol. The maximum absolute atomic E-state index is 12.3. The average Bonchev–Trinajstić information content (AvgIpc) is 2.29. The van der Waals surface area contributed by atoms with Gasteiger partial charge in [0.1, 0.15) is 0 Å². The maximum atomic E-state index is 12.3. The van der Waals surface area contributed by atoms with Gasteiger partial charge in [-0.15, -0.1) is 0 Å². The third-order valence-corrected chi connectivity index (χ3v) is 2.30. The van der Waals surface area contributed by atoms with Crippen LogP contribution in [0, 0.1) is 5.92 Å². The largest absolute Gasteiger partial charge is 0.464 e. The van der Waals surface area contributed by atoms with Crippen molar-refractivity contribution in [2.75, 3.05) is 6.54 Å². The van der Waals surface area contributed by atoms with Crippen molar-refractivity contribution < 1.29 is 17.9 Å². The van der Waals surface area contributed by atoms with Crippen LogP contribution in [0.15, 0.2) is 12.4 Å². The summed E-state index contributed by atoms with van der Waals surface area (Å²) in [6.07, 6.45) is -3.69. The van der Waals surface area contributed by atoms with Crippen LogP contribution in [-0.4, -0.2) is 28.8 Å². The predicted octanol–water partition coefficient (Wildman–Crippen LogP) is 2.55. The zero-order valence-electron chi connectivity index (χ0n) is 11.2. The standard InChI is InChI=1S/C12H18F3N3O/c1-8(2)4-16-5-10-6-18-11(7-17-10)19-9(3)12(13,14)15/h6-9,16H,4-5H2,1-3H3. The highest BCUT2D eigenvalue weighted by molar-refractivity contribution is 5.07. The lowest BCUT2D eigenvalue weighted by molar-refractivity contribution is -0.190. The van der Waals surface area contributed by atoms with Gasteiger partial charge in [0.15, 0.2) is 6.10 Å². The van der Waals surface area contributed by atoms with Gasteiger partial charge in [-0.05, 0) is 19.4 Å². The number of rotatable bonds is 6. The monoisotopic (exact) mass is 277 g/mol. The fourth-order valence-corrected chi connectivity index (χ4v) is 1.23. The molecule has 0 amide bonds. The van der Waals surface area contributed by atoms with Crippen LogP contribution in [-0.2, 0) is 6.54 Å². The van der Waals surface area contributed by atoms with E-state index in [1.807, 2.05) is 0 Å². The Labute approximate surface area is 110 Å². The quantitative estimate of drug-likeness (QED) is 0.868. The number of hydrogen-bond acceptors (Lipinski definition) is 4. The lowest BCUT2D eigenvalue weighted by Gasteiger charge is -2.16. The molecule has 1 atom stereocenters. The number of ether oxygens (including phenoxy) is 1. The highest BCUT2D eigenvalue weighted by Gasteiger charge is 2.38. The summed E-state index contributed by atoms with van der Waals surface area (Å²) in [7, 11) is 0. The van der Waals surface area contributed by atoms with E-state index in [2.05, 4.69) is 33.9 Å². The molecule has 0 spiro atoms. The van der Waals surface area contributed by atoms with Gasteiger partial charge in [-0.2, -0.15) is 13.2 Å². The minimum absolute atomic E-state index is 0.127. The van der Waals surface area contributed by atoms with Crippen molar-refractivity contribution in [3.63, 3.8) is 0 Å². The maximum Gasteiger partial charge on any atom is 0.425 e. The lowest BCUT2D eigenvalue weighted by atomic mass is 10.2. The fraction of sp³-hybridized carbons (Fsp3) is 0.667. The van der Waals surface area contributed by atoms with Crippen LogP contribution in [0.5, 0.6) is 5.88 Å². The summed E-state index contributed by atoms with van der Waals surface area (Å²) in [5.74, 6) is 0.389. The second kappa shape index (κ2) is 6.70. The molecular formula is C12H18F3N3O. The summed E-state index contributed by atoms with van der Waals surface area (Å²) >= 11 is 0. The molecule has 108 valence electrons. The second-order valence-electron chi connectivity index (χ2n) is 4.67. The summed E-state index contributed by atoms with van der Waals surface area (Å²) in [6.45, 7) is 6.45. The van der Waals surface area contributed by atoms with Crippen molar-refractivity contribution in [1.29, 1.82) is 0 Å². The van der Waals surface area contributed by atoms with E-state index in [0.717, 1.165) is 13.5 Å². The van der Waals surface area contributed by atoms with Gasteiger partial charge in [0.05, 0.1) is 18.1 Å². The predicted molar refractivity (Wildman–Crippen MR) is 64.7 cm³/mol. The highest BCUT2D eigenvalue weighted by atomic mass is 19.4. The van der Waals surface area contributed by atoms with Gasteiger partial charge >= 0.3 is 6.18 Å². The van der Waals surface area contributed by atoms with Crippen LogP contribution < -0.4 is 10.1 Å². The molecule has 1 aromatic rings. The molecule has 19 heavy (non-hydrogen) atoms. The number of nitrogens with one attached hydrogen (secondary N) is 1. The topological polar surface area (TPSA) is 47.0 Å². The minimum Gasteiger partial charge on any atom is -0.464 e. The van der Waals surface area contributed by atoms with E-state index in [1.165, 1.54) is 12.4 Å². The van der Waals surface area contributed by atoms with E-state index in [4.69, 9.17) is 0 Å². The molecule has 0 saturated carbocycles. The van der Waals surface area contributed by atoms with Crippen LogP contribution in [0.3, 0.4) is 0 Å². The van der Waals surface area contributed by atoms with E-state index < -0.39 is 12.3 Å². The molecule has 7 heteroatoms. The molecule has 1 rings (SSSR count). The molecule has 1 aromatic heterocycles. The van der Waals surface area contributed by atoms with Crippen LogP contribution in [0.4, 0.5) is 13.2 Å². The summed E-state index contributed by atoms with van der Waals surface area (Å²) in [6, 6.07) is 0. The van der Waals surface area contributed by atoms with Gasteiger partial charge in [0, 0.05) is 6.54 Å². The van der Waals surface area contributed by atoms with E-state index in [9.17, 15) is 13.2 Å². The van der Waals surface area contributed by atoms with Gasteiger partial charge in [-0.3, -0.25) is 4.98 Å².